The van der Waals surface area contributed by atoms with Crippen molar-refractivity contribution in [1.82, 2.24) is 0 Å². The van der Waals surface area contributed by atoms with Crippen molar-refractivity contribution in [2.24, 2.45) is 5.92 Å². The number of thiol groups is 1. The Morgan fingerprint density at radius 3 is 2.64 bits per heavy atom. The molecular formula is C8H10O2S. The summed E-state index contributed by atoms with van der Waals surface area (Å²) in [5.41, 5.74) is 0. The predicted molar refractivity (Wildman–Crippen MR) is 46.6 cm³/mol. The van der Waals surface area contributed by atoms with Crippen LogP contribution in [0.2, 0.25) is 0 Å². The smallest absolute Gasteiger partial charge is 0.313 e. The lowest BCUT2D eigenvalue weighted by Crippen LogP contribution is -2.23. The zero-order chi connectivity index (χ0) is 8.27. The van der Waals surface area contributed by atoms with Gasteiger partial charge in [-0.1, -0.05) is 24.3 Å². The van der Waals surface area contributed by atoms with Crippen LogP contribution in [0.1, 0.15) is 0 Å². The summed E-state index contributed by atoms with van der Waals surface area (Å²) in [7, 11) is 1.38. The van der Waals surface area contributed by atoms with E-state index in [1.165, 1.54) is 7.11 Å². The Morgan fingerprint density at radius 1 is 1.45 bits per heavy atom. The summed E-state index contributed by atoms with van der Waals surface area (Å²) in [5, 5.41) is -0.0487. The first-order chi connectivity index (χ1) is 5.25. The molecule has 0 bridgehead atoms. The Morgan fingerprint density at radius 2 is 2.09 bits per heavy atom. The lowest BCUT2D eigenvalue weighted by Gasteiger charge is -2.16. The first-order valence-corrected chi connectivity index (χ1v) is 3.88. The second-order valence-electron chi connectivity index (χ2n) is 2.31. The molecule has 2 nitrogen and oxygen atoms in total. The van der Waals surface area contributed by atoms with Crippen LogP contribution in [0.15, 0.2) is 24.3 Å². The Hall–Kier alpha value is -0.700. The van der Waals surface area contributed by atoms with Crippen molar-refractivity contribution in [2.75, 3.05) is 7.11 Å². The normalized spacial score (nSPS) is 28.5. The number of ether oxygens (including phenoxy) is 1. The molecule has 0 N–H and O–H groups in total. The van der Waals surface area contributed by atoms with E-state index in [0.29, 0.717) is 0 Å². The Labute approximate surface area is 71.3 Å². The zero-order valence-electron chi connectivity index (χ0n) is 6.23. The maximum absolute atomic E-state index is 11.0. The van der Waals surface area contributed by atoms with Gasteiger partial charge in [-0.25, -0.2) is 0 Å². The van der Waals surface area contributed by atoms with Gasteiger partial charge in [0.1, 0.15) is 0 Å². The number of hydrogen-bond acceptors (Lipinski definition) is 3. The highest BCUT2D eigenvalue weighted by molar-refractivity contribution is 7.81. The highest BCUT2D eigenvalue weighted by Gasteiger charge is 2.23. The summed E-state index contributed by atoms with van der Waals surface area (Å²) in [6, 6.07) is 0. The Kier molecular flexibility index (Phi) is 2.76. The standard InChI is InChI=1S/C8H10O2S/c1-10-8(9)6-4-2-3-5-7(6)11/h2-7,11H,1H3. The van der Waals surface area contributed by atoms with Crippen LogP contribution in [0, 0.1) is 5.92 Å². The molecule has 0 aromatic carbocycles. The maximum Gasteiger partial charge on any atom is 0.313 e. The molecule has 60 valence electrons. The summed E-state index contributed by atoms with van der Waals surface area (Å²) in [6.45, 7) is 0. The van der Waals surface area contributed by atoms with Crippen molar-refractivity contribution in [3.63, 3.8) is 0 Å². The van der Waals surface area contributed by atoms with Crippen LogP contribution in [0.25, 0.3) is 0 Å². The van der Waals surface area contributed by atoms with Gasteiger partial charge >= 0.3 is 5.97 Å². The van der Waals surface area contributed by atoms with Crippen molar-refractivity contribution in [1.29, 1.82) is 0 Å². The van der Waals surface area contributed by atoms with E-state index < -0.39 is 0 Å². The molecule has 0 aromatic heterocycles. The predicted octanol–water partition coefficient (Wildman–Crippen LogP) is 1.20. The number of hydrogen-bond donors (Lipinski definition) is 1. The van der Waals surface area contributed by atoms with E-state index in [1.54, 1.807) is 6.08 Å². The van der Waals surface area contributed by atoms with Crippen molar-refractivity contribution < 1.29 is 9.53 Å². The zero-order valence-corrected chi connectivity index (χ0v) is 7.12. The SMILES string of the molecule is COC(=O)C1C=CC=CC1S. The average molecular weight is 170 g/mol. The maximum atomic E-state index is 11.0. The third-order valence-corrected chi connectivity index (χ3v) is 2.07. The van der Waals surface area contributed by atoms with Gasteiger partial charge in [-0.15, -0.1) is 0 Å². The molecule has 2 unspecified atom stereocenters. The van der Waals surface area contributed by atoms with Gasteiger partial charge in [0.05, 0.1) is 13.0 Å². The molecule has 0 heterocycles. The molecule has 1 aliphatic carbocycles. The van der Waals surface area contributed by atoms with Gasteiger partial charge in [-0.05, 0) is 0 Å². The molecule has 1 aliphatic rings. The fourth-order valence-corrected chi connectivity index (χ4v) is 1.27. The molecule has 0 spiro atoms. The first kappa shape index (κ1) is 8.40. The van der Waals surface area contributed by atoms with Crippen LogP contribution in [0.3, 0.4) is 0 Å². The molecule has 1 rings (SSSR count). The van der Waals surface area contributed by atoms with Gasteiger partial charge in [0, 0.05) is 5.25 Å². The monoisotopic (exact) mass is 170 g/mol. The molecule has 0 saturated heterocycles. The molecule has 2 atom stereocenters. The van der Waals surface area contributed by atoms with Gasteiger partial charge < -0.3 is 4.74 Å². The van der Waals surface area contributed by atoms with Crippen molar-refractivity contribution in [3.8, 4) is 0 Å². The number of rotatable bonds is 1. The van der Waals surface area contributed by atoms with E-state index in [-0.39, 0.29) is 17.1 Å². The first-order valence-electron chi connectivity index (χ1n) is 3.36. The number of esters is 1. The summed E-state index contributed by atoms with van der Waals surface area (Å²) in [5.74, 6) is -0.459. The van der Waals surface area contributed by atoms with Gasteiger partial charge in [0.15, 0.2) is 0 Å². The lowest BCUT2D eigenvalue weighted by molar-refractivity contribution is -0.143. The fourth-order valence-electron chi connectivity index (χ4n) is 0.949. The van der Waals surface area contributed by atoms with Crippen LogP contribution < -0.4 is 0 Å². The van der Waals surface area contributed by atoms with E-state index in [4.69, 9.17) is 0 Å². The Bertz CT molecular complexity index is 208. The van der Waals surface area contributed by atoms with Crippen LogP contribution in [-0.2, 0) is 9.53 Å². The molecule has 0 radical (unpaired) electrons. The van der Waals surface area contributed by atoms with E-state index >= 15 is 0 Å². The second kappa shape index (κ2) is 3.62. The number of methoxy groups -OCH3 is 1. The third-order valence-electron chi connectivity index (χ3n) is 1.58. The minimum Gasteiger partial charge on any atom is -0.469 e. The van der Waals surface area contributed by atoms with Gasteiger partial charge in [0.25, 0.3) is 0 Å². The molecule has 0 amide bonds. The minimum atomic E-state index is -0.231. The molecule has 11 heavy (non-hydrogen) atoms. The van der Waals surface area contributed by atoms with Crippen molar-refractivity contribution in [2.45, 2.75) is 5.25 Å². The van der Waals surface area contributed by atoms with E-state index in [0.717, 1.165) is 0 Å². The average Bonchev–Trinajstić information content (AvgIpc) is 2.04. The van der Waals surface area contributed by atoms with Crippen LogP contribution in [0.5, 0.6) is 0 Å². The molecule has 0 aliphatic heterocycles. The van der Waals surface area contributed by atoms with E-state index in [1.807, 2.05) is 18.2 Å². The third kappa shape index (κ3) is 1.87. The van der Waals surface area contributed by atoms with Crippen LogP contribution in [-0.4, -0.2) is 18.3 Å². The molecule has 0 fully saturated rings. The highest BCUT2D eigenvalue weighted by Crippen LogP contribution is 2.18. The quantitative estimate of drug-likeness (QED) is 0.473. The molecular weight excluding hydrogens is 160 g/mol. The summed E-state index contributed by atoms with van der Waals surface area (Å²) in [4.78, 5) is 11.0. The topological polar surface area (TPSA) is 26.3 Å². The molecule has 3 heteroatoms. The van der Waals surface area contributed by atoms with Gasteiger partial charge in [-0.2, -0.15) is 12.6 Å². The number of carbonyl (C=O) groups is 1. The van der Waals surface area contributed by atoms with Crippen molar-refractivity contribution in [3.05, 3.63) is 24.3 Å². The highest BCUT2D eigenvalue weighted by atomic mass is 32.1. The largest absolute Gasteiger partial charge is 0.469 e. The van der Waals surface area contributed by atoms with Gasteiger partial charge in [0.2, 0.25) is 0 Å². The summed E-state index contributed by atoms with van der Waals surface area (Å²) >= 11 is 4.21. The number of allylic oxidation sites excluding steroid dienone is 2. The second-order valence-corrected chi connectivity index (χ2v) is 2.91. The molecule has 0 saturated carbocycles. The lowest BCUT2D eigenvalue weighted by atomic mass is 10.0. The van der Waals surface area contributed by atoms with E-state index in [2.05, 4.69) is 17.4 Å². The van der Waals surface area contributed by atoms with E-state index in [9.17, 15) is 4.79 Å². The fraction of sp³-hybridized carbons (Fsp3) is 0.375. The number of carbonyl (C=O) groups excluding carboxylic acids is 1. The summed E-state index contributed by atoms with van der Waals surface area (Å²) in [6.07, 6.45) is 7.36. The van der Waals surface area contributed by atoms with Crippen LogP contribution in [0.4, 0.5) is 0 Å². The molecule has 0 aromatic rings. The summed E-state index contributed by atoms with van der Waals surface area (Å²) < 4.78 is 4.59. The van der Waals surface area contributed by atoms with Crippen LogP contribution >= 0.6 is 12.6 Å². The van der Waals surface area contributed by atoms with Crippen molar-refractivity contribution >= 4 is 18.6 Å². The van der Waals surface area contributed by atoms with Gasteiger partial charge in [-0.3, -0.25) is 4.79 Å². The Balaban J connectivity index is 2.65. The minimum absolute atomic E-state index is 0.0487.